The predicted molar refractivity (Wildman–Crippen MR) is 141 cm³/mol. The average molecular weight is 499 g/mol. The molecule has 2 heterocycles. The zero-order valence-electron chi connectivity index (χ0n) is 19.9. The molecule has 2 aliphatic rings. The van der Waals surface area contributed by atoms with Crippen molar-refractivity contribution in [3.05, 3.63) is 87.8 Å². The normalized spacial score (nSPS) is 16.5. The molecule has 0 bridgehead atoms. The highest BCUT2D eigenvalue weighted by atomic mass is 32.1. The Kier molecular flexibility index (Phi) is 5.85. The van der Waals surface area contributed by atoms with Crippen LogP contribution in [0.25, 0.3) is 10.8 Å². The van der Waals surface area contributed by atoms with E-state index in [1.165, 1.54) is 16.9 Å². The number of benzene rings is 3. The van der Waals surface area contributed by atoms with E-state index < -0.39 is 12.1 Å². The number of thiophene rings is 1. The van der Waals surface area contributed by atoms with E-state index in [9.17, 15) is 9.59 Å². The Labute approximate surface area is 213 Å². The number of carbonyl (C=O) groups is 2. The zero-order chi connectivity index (χ0) is 24.6. The van der Waals surface area contributed by atoms with Crippen molar-refractivity contribution in [2.24, 2.45) is 0 Å². The van der Waals surface area contributed by atoms with Gasteiger partial charge in [0.1, 0.15) is 11.2 Å². The van der Waals surface area contributed by atoms with E-state index in [0.29, 0.717) is 23.7 Å². The maximum Gasteiger partial charge on any atom is 0.344 e. The van der Waals surface area contributed by atoms with Crippen LogP contribution in [0.4, 0.5) is 5.00 Å². The van der Waals surface area contributed by atoms with Crippen molar-refractivity contribution >= 4 is 39.0 Å². The van der Waals surface area contributed by atoms with Gasteiger partial charge in [0.25, 0.3) is 5.91 Å². The Morgan fingerprint density at radius 2 is 1.83 bits per heavy atom. The van der Waals surface area contributed by atoms with Crippen molar-refractivity contribution in [1.29, 1.82) is 0 Å². The summed E-state index contributed by atoms with van der Waals surface area (Å²) in [5.41, 5.74) is 3.33. The van der Waals surface area contributed by atoms with Gasteiger partial charge in [-0.2, -0.15) is 0 Å². The summed E-state index contributed by atoms with van der Waals surface area (Å²) in [6.07, 6.45) is 3.91. The minimum Gasteiger partial charge on any atom is -0.490 e. The Morgan fingerprint density at radius 3 is 2.72 bits per heavy atom. The van der Waals surface area contributed by atoms with E-state index in [0.717, 1.165) is 46.2 Å². The van der Waals surface area contributed by atoms with Crippen LogP contribution in [0.5, 0.6) is 11.5 Å². The average Bonchev–Trinajstić information content (AvgIpc) is 3.28. The molecule has 1 amide bonds. The number of fused-ring (bicyclic) bond motifs is 4. The first-order valence-electron chi connectivity index (χ1n) is 12.3. The summed E-state index contributed by atoms with van der Waals surface area (Å²) in [7, 11) is 0. The molecule has 4 aromatic rings. The molecule has 1 aliphatic carbocycles. The van der Waals surface area contributed by atoms with Gasteiger partial charge in [0.2, 0.25) is 0 Å². The smallest absolute Gasteiger partial charge is 0.344 e. The summed E-state index contributed by atoms with van der Waals surface area (Å²) in [5.74, 6) is 0.305. The van der Waals surface area contributed by atoms with Crippen LogP contribution >= 0.6 is 11.3 Å². The molecule has 182 valence electrons. The number of rotatable bonds is 5. The van der Waals surface area contributed by atoms with E-state index in [1.54, 1.807) is 23.5 Å². The molecule has 0 saturated heterocycles. The third kappa shape index (κ3) is 3.99. The predicted octanol–water partition coefficient (Wildman–Crippen LogP) is 6.25. The number of hydrogen-bond donors (Lipinski definition) is 2. The lowest BCUT2D eigenvalue weighted by molar-refractivity contribution is 0.0730. The molecule has 6 nitrogen and oxygen atoms in total. The fourth-order valence-electron chi connectivity index (χ4n) is 5.06. The number of esters is 1. The largest absolute Gasteiger partial charge is 0.490 e. The second kappa shape index (κ2) is 9.32. The summed E-state index contributed by atoms with van der Waals surface area (Å²) >= 11 is 1.69. The standard InChI is InChI=1S/C29H26N2O4S/c1-2-34-23-16-18(26-30-27(32)25-21-11-5-6-13-24(21)36-28(25)31-26)14-15-22(23)35-29(33)20-12-7-9-17-8-3-4-10-19(17)20/h3-4,7-10,12,14-16,26,31H,2,5-6,11,13H2,1H3,(H,30,32). The molecule has 3 aromatic carbocycles. The van der Waals surface area contributed by atoms with Crippen LogP contribution in [-0.4, -0.2) is 18.5 Å². The summed E-state index contributed by atoms with van der Waals surface area (Å²) in [6.45, 7) is 2.29. The van der Waals surface area contributed by atoms with E-state index in [2.05, 4.69) is 10.6 Å². The molecule has 6 rings (SSSR count). The Bertz CT molecular complexity index is 1490. The molecule has 0 spiro atoms. The van der Waals surface area contributed by atoms with Crippen molar-refractivity contribution in [2.45, 2.75) is 38.8 Å². The first-order chi connectivity index (χ1) is 17.6. The lowest BCUT2D eigenvalue weighted by atomic mass is 9.94. The van der Waals surface area contributed by atoms with Crippen LogP contribution < -0.4 is 20.1 Å². The van der Waals surface area contributed by atoms with Gasteiger partial charge in [-0.25, -0.2) is 4.79 Å². The monoisotopic (exact) mass is 498 g/mol. The highest BCUT2D eigenvalue weighted by molar-refractivity contribution is 7.16. The van der Waals surface area contributed by atoms with E-state index in [1.807, 2.05) is 55.5 Å². The maximum atomic E-state index is 13.1. The lowest BCUT2D eigenvalue weighted by Crippen LogP contribution is -2.38. The van der Waals surface area contributed by atoms with Crippen molar-refractivity contribution in [3.8, 4) is 11.5 Å². The van der Waals surface area contributed by atoms with Gasteiger partial charge in [-0.3, -0.25) is 4.79 Å². The van der Waals surface area contributed by atoms with Crippen molar-refractivity contribution < 1.29 is 19.1 Å². The third-order valence-electron chi connectivity index (χ3n) is 6.76. The van der Waals surface area contributed by atoms with Crippen molar-refractivity contribution in [2.75, 3.05) is 11.9 Å². The molecule has 0 saturated carbocycles. The Balaban J connectivity index is 1.28. The zero-order valence-corrected chi connectivity index (χ0v) is 20.7. The summed E-state index contributed by atoms with van der Waals surface area (Å²) in [4.78, 5) is 27.5. The number of ether oxygens (including phenoxy) is 2. The van der Waals surface area contributed by atoms with Crippen molar-refractivity contribution in [1.82, 2.24) is 5.32 Å². The summed E-state index contributed by atoms with van der Waals surface area (Å²) in [6, 6.07) is 18.7. The maximum absolute atomic E-state index is 13.1. The van der Waals surface area contributed by atoms with Crippen LogP contribution in [0.1, 0.15) is 62.7 Å². The summed E-state index contributed by atoms with van der Waals surface area (Å²) in [5, 5.41) is 9.33. The van der Waals surface area contributed by atoms with Crippen LogP contribution in [0.3, 0.4) is 0 Å². The highest BCUT2D eigenvalue weighted by Gasteiger charge is 2.32. The van der Waals surface area contributed by atoms with E-state index in [-0.39, 0.29) is 5.91 Å². The number of aryl methyl sites for hydroxylation is 1. The van der Waals surface area contributed by atoms with Gasteiger partial charge in [0.05, 0.1) is 17.7 Å². The minimum atomic E-state index is -0.446. The van der Waals surface area contributed by atoms with Crippen LogP contribution in [-0.2, 0) is 12.8 Å². The number of carbonyl (C=O) groups excluding carboxylic acids is 2. The second-order valence-corrected chi connectivity index (χ2v) is 10.1. The van der Waals surface area contributed by atoms with Gasteiger partial charge < -0.3 is 20.1 Å². The van der Waals surface area contributed by atoms with Gasteiger partial charge >= 0.3 is 5.97 Å². The minimum absolute atomic E-state index is 0.0439. The number of nitrogens with one attached hydrogen (secondary N) is 2. The molecular formula is C29H26N2O4S. The fraction of sp³-hybridized carbons (Fsp3) is 0.241. The number of anilines is 1. The fourth-order valence-corrected chi connectivity index (χ4v) is 6.37. The molecule has 1 atom stereocenters. The quantitative estimate of drug-likeness (QED) is 0.251. The molecule has 0 radical (unpaired) electrons. The SMILES string of the molecule is CCOc1cc(C2NC(=O)c3c(sc4c3CCCC4)N2)ccc1OC(=O)c1cccc2ccccc12. The van der Waals surface area contributed by atoms with Gasteiger partial charge in [0.15, 0.2) is 11.5 Å². The topological polar surface area (TPSA) is 76.7 Å². The van der Waals surface area contributed by atoms with Crippen molar-refractivity contribution in [3.63, 3.8) is 0 Å². The van der Waals surface area contributed by atoms with Gasteiger partial charge in [0, 0.05) is 4.88 Å². The van der Waals surface area contributed by atoms with Gasteiger partial charge in [-0.15, -0.1) is 11.3 Å². The number of amides is 1. The van der Waals surface area contributed by atoms with Gasteiger partial charge in [-0.1, -0.05) is 42.5 Å². The first kappa shape index (κ1) is 22.6. The summed E-state index contributed by atoms with van der Waals surface area (Å²) < 4.78 is 11.6. The number of hydrogen-bond acceptors (Lipinski definition) is 6. The molecule has 1 aromatic heterocycles. The molecule has 1 unspecified atom stereocenters. The molecule has 2 N–H and O–H groups in total. The molecular weight excluding hydrogens is 472 g/mol. The Hall–Kier alpha value is -3.84. The highest BCUT2D eigenvalue weighted by Crippen LogP contribution is 2.42. The second-order valence-electron chi connectivity index (χ2n) is 9.02. The molecule has 0 fully saturated rings. The van der Waals surface area contributed by atoms with Crippen LogP contribution in [0, 0.1) is 0 Å². The molecule has 1 aliphatic heterocycles. The first-order valence-corrected chi connectivity index (χ1v) is 13.1. The third-order valence-corrected chi connectivity index (χ3v) is 7.99. The van der Waals surface area contributed by atoms with E-state index >= 15 is 0 Å². The Morgan fingerprint density at radius 1 is 1.00 bits per heavy atom. The molecule has 7 heteroatoms. The van der Waals surface area contributed by atoms with Crippen LogP contribution in [0.2, 0.25) is 0 Å². The molecule has 36 heavy (non-hydrogen) atoms. The van der Waals surface area contributed by atoms with Gasteiger partial charge in [-0.05, 0) is 72.7 Å². The van der Waals surface area contributed by atoms with E-state index in [4.69, 9.17) is 9.47 Å². The van der Waals surface area contributed by atoms with Crippen LogP contribution in [0.15, 0.2) is 60.7 Å². The lowest BCUT2D eigenvalue weighted by Gasteiger charge is -2.27.